The van der Waals surface area contributed by atoms with Crippen molar-refractivity contribution in [2.24, 2.45) is 16.3 Å². The highest BCUT2D eigenvalue weighted by Gasteiger charge is 2.37. The predicted octanol–water partition coefficient (Wildman–Crippen LogP) is 3.35. The van der Waals surface area contributed by atoms with E-state index in [0.29, 0.717) is 11.5 Å². The maximum absolute atomic E-state index is 14.3. The van der Waals surface area contributed by atoms with E-state index >= 15 is 0 Å². The second-order valence-corrected chi connectivity index (χ2v) is 8.40. The summed E-state index contributed by atoms with van der Waals surface area (Å²) in [6, 6.07) is 0.641. The van der Waals surface area contributed by atoms with Crippen LogP contribution < -0.4 is 5.32 Å². The highest BCUT2D eigenvalue weighted by molar-refractivity contribution is 5.99. The predicted molar refractivity (Wildman–Crippen MR) is 109 cm³/mol. The van der Waals surface area contributed by atoms with Crippen LogP contribution in [0.1, 0.15) is 46.5 Å². The zero-order valence-electron chi connectivity index (χ0n) is 17.4. The smallest absolute Gasteiger partial charge is 0.269 e. The van der Waals surface area contributed by atoms with Crippen LogP contribution >= 0.6 is 0 Å². The van der Waals surface area contributed by atoms with Gasteiger partial charge in [0.1, 0.15) is 5.70 Å². The average molecular weight is 379 g/mol. The van der Waals surface area contributed by atoms with Crippen molar-refractivity contribution in [3.8, 4) is 0 Å². The summed E-state index contributed by atoms with van der Waals surface area (Å²) in [6.45, 7) is 17.6. The van der Waals surface area contributed by atoms with Crippen molar-refractivity contribution in [3.05, 3.63) is 24.6 Å². The van der Waals surface area contributed by atoms with Gasteiger partial charge < -0.3 is 10.2 Å². The van der Waals surface area contributed by atoms with Crippen molar-refractivity contribution in [2.45, 2.75) is 52.5 Å². The quantitative estimate of drug-likeness (QED) is 0.546. The molecule has 27 heavy (non-hydrogen) atoms. The average Bonchev–Trinajstić information content (AvgIpc) is 3.17. The van der Waals surface area contributed by atoms with Crippen molar-refractivity contribution < 1.29 is 9.18 Å². The first-order chi connectivity index (χ1) is 12.7. The Bertz CT molecular complexity index is 605. The number of likely N-dealkylation sites (N-methyl/N-ethyl adjacent to an activating group) is 1. The molecule has 1 aliphatic carbocycles. The van der Waals surface area contributed by atoms with Crippen LogP contribution in [0.2, 0.25) is 0 Å². The van der Waals surface area contributed by atoms with Gasteiger partial charge in [-0.15, -0.1) is 0 Å². The number of halogens is 1. The van der Waals surface area contributed by atoms with Crippen LogP contribution in [0.25, 0.3) is 0 Å². The summed E-state index contributed by atoms with van der Waals surface area (Å²) in [5.41, 5.74) is 0.499. The van der Waals surface area contributed by atoms with Gasteiger partial charge in [-0.2, -0.15) is 4.39 Å². The second kappa shape index (κ2) is 9.00. The van der Waals surface area contributed by atoms with Gasteiger partial charge in [-0.3, -0.25) is 9.69 Å². The maximum atomic E-state index is 14.3. The van der Waals surface area contributed by atoms with E-state index < -0.39 is 11.9 Å². The Morgan fingerprint density at radius 2 is 1.85 bits per heavy atom. The number of piperazine rings is 1. The number of amides is 1. The molecule has 2 rings (SSSR count). The van der Waals surface area contributed by atoms with Gasteiger partial charge in [0.25, 0.3) is 5.91 Å². The Labute approximate surface area is 163 Å². The van der Waals surface area contributed by atoms with Gasteiger partial charge in [-0.1, -0.05) is 40.3 Å². The molecule has 6 heteroatoms. The molecular formula is C21H35FN4O. The van der Waals surface area contributed by atoms with Gasteiger partial charge in [0.2, 0.25) is 5.97 Å². The molecule has 0 spiro atoms. The highest BCUT2D eigenvalue weighted by atomic mass is 19.1. The molecule has 0 radical (unpaired) electrons. The Morgan fingerprint density at radius 3 is 2.41 bits per heavy atom. The Balaban J connectivity index is 1.86. The third-order valence-electron chi connectivity index (χ3n) is 6.59. The standard InChI is InChI=1S/C21H35FN4O/c1-7-21(4,5)17-8-9-18(14-17)26-12-10-25(11-13-26)16(3)19(22)24-15(2)20(27)23-6/h17-18H,2-3,7-14H2,1,4-6H3,(H,23,27). The van der Waals surface area contributed by atoms with E-state index in [2.05, 4.69) is 49.1 Å². The fourth-order valence-electron chi connectivity index (χ4n) is 4.15. The van der Waals surface area contributed by atoms with E-state index in [9.17, 15) is 9.18 Å². The number of carbonyl (C=O) groups is 1. The molecule has 1 N–H and O–H groups in total. The van der Waals surface area contributed by atoms with Crippen molar-refractivity contribution in [2.75, 3.05) is 33.2 Å². The summed E-state index contributed by atoms with van der Waals surface area (Å²) in [7, 11) is 1.46. The van der Waals surface area contributed by atoms with Crippen LogP contribution in [0.15, 0.2) is 29.5 Å². The molecule has 152 valence electrons. The SMILES string of the molecule is C=C(N=C(F)C(=C)N1CCN(C2CCC(C(C)(C)CC)C2)CC1)C(=O)NC. The monoisotopic (exact) mass is 378 g/mol. The molecule has 2 fully saturated rings. The minimum Gasteiger partial charge on any atom is -0.366 e. The summed E-state index contributed by atoms with van der Waals surface area (Å²) in [5, 5.41) is 2.38. The van der Waals surface area contributed by atoms with Crippen LogP contribution in [0.3, 0.4) is 0 Å². The Hall–Kier alpha value is -1.69. The fourth-order valence-corrected chi connectivity index (χ4v) is 4.15. The van der Waals surface area contributed by atoms with Gasteiger partial charge in [0.05, 0.1) is 5.70 Å². The normalized spacial score (nSPS) is 24.8. The molecule has 1 saturated heterocycles. The van der Waals surface area contributed by atoms with Crippen LogP contribution in [0, 0.1) is 11.3 Å². The van der Waals surface area contributed by atoms with E-state index in [1.165, 1.54) is 32.7 Å². The number of aliphatic imine (C=N–C) groups is 1. The molecule has 2 unspecified atom stereocenters. The minimum absolute atomic E-state index is 0.148. The lowest BCUT2D eigenvalue weighted by Crippen LogP contribution is -2.49. The summed E-state index contributed by atoms with van der Waals surface area (Å²) in [6.07, 6.45) is 5.06. The molecule has 0 bridgehead atoms. The maximum Gasteiger partial charge on any atom is 0.269 e. The molecule has 0 aromatic rings. The molecular weight excluding hydrogens is 343 g/mol. The van der Waals surface area contributed by atoms with Gasteiger partial charge in [0, 0.05) is 39.3 Å². The Morgan fingerprint density at radius 1 is 1.22 bits per heavy atom. The summed E-state index contributed by atoms with van der Waals surface area (Å²) in [5.74, 6) is -0.433. The van der Waals surface area contributed by atoms with Gasteiger partial charge in [0.15, 0.2) is 0 Å². The molecule has 0 aromatic carbocycles. The van der Waals surface area contributed by atoms with Crippen molar-refractivity contribution in [1.29, 1.82) is 0 Å². The van der Waals surface area contributed by atoms with Gasteiger partial charge >= 0.3 is 0 Å². The first-order valence-corrected chi connectivity index (χ1v) is 10.0. The van der Waals surface area contributed by atoms with Crippen LogP contribution in [0.5, 0.6) is 0 Å². The number of allylic oxidation sites excluding steroid dienone is 1. The highest BCUT2D eigenvalue weighted by Crippen LogP contribution is 2.43. The molecule has 1 amide bonds. The number of carbonyl (C=O) groups excluding carboxylic acids is 1. The van der Waals surface area contributed by atoms with Gasteiger partial charge in [-0.05, 0) is 30.6 Å². The zero-order chi connectivity index (χ0) is 20.2. The van der Waals surface area contributed by atoms with E-state index in [1.807, 2.05) is 4.90 Å². The Kier molecular flexibility index (Phi) is 7.20. The number of hydrogen-bond donors (Lipinski definition) is 1. The summed E-state index contributed by atoms with van der Waals surface area (Å²) >= 11 is 0. The first-order valence-electron chi connectivity index (χ1n) is 10.0. The lowest BCUT2D eigenvalue weighted by atomic mass is 9.76. The summed E-state index contributed by atoms with van der Waals surface area (Å²) in [4.78, 5) is 19.5. The van der Waals surface area contributed by atoms with Crippen molar-refractivity contribution in [1.82, 2.24) is 15.1 Å². The van der Waals surface area contributed by atoms with Crippen molar-refractivity contribution in [3.63, 3.8) is 0 Å². The number of nitrogens with one attached hydrogen (secondary N) is 1. The molecule has 2 atom stereocenters. The molecule has 1 saturated carbocycles. The second-order valence-electron chi connectivity index (χ2n) is 8.40. The van der Waals surface area contributed by atoms with Crippen LogP contribution in [-0.2, 0) is 4.79 Å². The van der Waals surface area contributed by atoms with E-state index in [-0.39, 0.29) is 11.4 Å². The molecule has 1 aliphatic heterocycles. The van der Waals surface area contributed by atoms with E-state index in [4.69, 9.17) is 0 Å². The van der Waals surface area contributed by atoms with E-state index in [1.54, 1.807) is 0 Å². The molecule has 5 nitrogen and oxygen atoms in total. The fraction of sp³-hybridized carbons (Fsp3) is 0.714. The topological polar surface area (TPSA) is 47.9 Å². The van der Waals surface area contributed by atoms with Gasteiger partial charge in [-0.25, -0.2) is 4.99 Å². The number of hydrogen-bond acceptors (Lipinski definition) is 4. The number of rotatable bonds is 7. The third kappa shape index (κ3) is 5.18. The van der Waals surface area contributed by atoms with Crippen LogP contribution in [-0.4, -0.2) is 60.9 Å². The van der Waals surface area contributed by atoms with Crippen molar-refractivity contribution >= 4 is 11.9 Å². The van der Waals surface area contributed by atoms with E-state index in [0.717, 1.165) is 32.1 Å². The molecule has 1 heterocycles. The third-order valence-corrected chi connectivity index (χ3v) is 6.59. The first kappa shape index (κ1) is 21.6. The minimum atomic E-state index is -0.734. The summed E-state index contributed by atoms with van der Waals surface area (Å²) < 4.78 is 14.3. The zero-order valence-corrected chi connectivity index (χ0v) is 17.4. The lowest BCUT2D eigenvalue weighted by Gasteiger charge is -2.40. The molecule has 0 aromatic heterocycles. The largest absolute Gasteiger partial charge is 0.366 e. The van der Waals surface area contributed by atoms with Crippen LogP contribution in [0.4, 0.5) is 4.39 Å². The lowest BCUT2D eigenvalue weighted by molar-refractivity contribution is -0.117. The molecule has 2 aliphatic rings. The number of nitrogens with zero attached hydrogens (tertiary/aromatic N) is 3.